The van der Waals surface area contributed by atoms with Crippen molar-refractivity contribution in [2.75, 3.05) is 0 Å². The summed E-state index contributed by atoms with van der Waals surface area (Å²) in [5.41, 5.74) is 3.11. The molecule has 0 radical (unpaired) electrons. The van der Waals surface area contributed by atoms with Gasteiger partial charge in [-0.1, -0.05) is 45.0 Å². The Morgan fingerprint density at radius 3 is 2.33 bits per heavy atom. The van der Waals surface area contributed by atoms with E-state index in [1.165, 1.54) is 5.56 Å². The predicted octanol–water partition coefficient (Wildman–Crippen LogP) is 3.87. The first-order chi connectivity index (χ1) is 9.88. The Bertz CT molecular complexity index is 597. The molecule has 0 saturated heterocycles. The van der Waals surface area contributed by atoms with Crippen LogP contribution in [0.2, 0.25) is 0 Å². The van der Waals surface area contributed by atoms with Crippen molar-refractivity contribution in [1.82, 2.24) is 10.3 Å². The minimum atomic E-state index is -0.101. The third kappa shape index (κ3) is 3.91. The topological polar surface area (TPSA) is 42.0 Å². The second-order valence-corrected chi connectivity index (χ2v) is 6.31. The summed E-state index contributed by atoms with van der Waals surface area (Å²) in [6, 6.07) is 11.9. The van der Waals surface area contributed by atoms with Crippen molar-refractivity contribution in [2.24, 2.45) is 0 Å². The van der Waals surface area contributed by atoms with Crippen LogP contribution in [0.15, 0.2) is 48.8 Å². The van der Waals surface area contributed by atoms with Gasteiger partial charge in [-0.15, -0.1) is 0 Å². The van der Waals surface area contributed by atoms with Crippen molar-refractivity contribution < 1.29 is 4.79 Å². The number of nitrogens with one attached hydrogen (secondary N) is 1. The summed E-state index contributed by atoms with van der Waals surface area (Å²) in [6.45, 7) is 8.56. The smallest absolute Gasteiger partial charge is 0.253 e. The Hall–Kier alpha value is -2.16. The molecular weight excluding hydrogens is 260 g/mol. The molecule has 3 nitrogen and oxygen atoms in total. The van der Waals surface area contributed by atoms with Crippen LogP contribution in [0, 0.1) is 0 Å². The fourth-order valence-electron chi connectivity index (χ4n) is 2.13. The number of amides is 1. The molecule has 2 rings (SSSR count). The first kappa shape index (κ1) is 15.2. The summed E-state index contributed by atoms with van der Waals surface area (Å²) in [6.07, 6.45) is 3.23. The Morgan fingerprint density at radius 2 is 1.81 bits per heavy atom. The van der Waals surface area contributed by atoms with Gasteiger partial charge in [-0.3, -0.25) is 9.78 Å². The van der Waals surface area contributed by atoms with Crippen LogP contribution in [0.5, 0.6) is 0 Å². The van der Waals surface area contributed by atoms with Crippen LogP contribution in [0.4, 0.5) is 0 Å². The van der Waals surface area contributed by atoms with Crippen LogP contribution < -0.4 is 5.32 Å². The van der Waals surface area contributed by atoms with Crippen LogP contribution in [0.1, 0.15) is 55.2 Å². The lowest BCUT2D eigenvalue weighted by atomic mass is 9.86. The van der Waals surface area contributed by atoms with Crippen molar-refractivity contribution in [1.29, 1.82) is 0 Å². The lowest BCUT2D eigenvalue weighted by molar-refractivity contribution is 0.0939. The molecule has 0 bridgehead atoms. The Kier molecular flexibility index (Phi) is 4.41. The Balaban J connectivity index is 2.07. The molecule has 110 valence electrons. The second-order valence-electron chi connectivity index (χ2n) is 6.31. The number of nitrogens with zero attached hydrogens (tertiary/aromatic N) is 1. The number of rotatable bonds is 3. The van der Waals surface area contributed by atoms with Gasteiger partial charge in [-0.25, -0.2) is 0 Å². The van der Waals surface area contributed by atoms with Crippen molar-refractivity contribution in [3.63, 3.8) is 0 Å². The molecule has 0 spiro atoms. The number of benzene rings is 1. The highest BCUT2D eigenvalue weighted by molar-refractivity contribution is 5.94. The molecule has 1 N–H and O–H groups in total. The molecule has 0 aliphatic heterocycles. The van der Waals surface area contributed by atoms with Gasteiger partial charge in [0.25, 0.3) is 5.91 Å². The molecule has 1 atom stereocenters. The Morgan fingerprint density at radius 1 is 1.14 bits per heavy atom. The minimum absolute atomic E-state index is 0.0354. The van der Waals surface area contributed by atoms with Gasteiger partial charge in [-0.05, 0) is 35.6 Å². The third-order valence-electron chi connectivity index (χ3n) is 3.55. The van der Waals surface area contributed by atoms with Gasteiger partial charge in [0, 0.05) is 12.4 Å². The summed E-state index contributed by atoms with van der Waals surface area (Å²) < 4.78 is 0. The zero-order chi connectivity index (χ0) is 15.5. The molecule has 21 heavy (non-hydrogen) atoms. The number of carbonyl (C=O) groups is 1. The molecule has 1 aromatic heterocycles. The quantitative estimate of drug-likeness (QED) is 0.928. The first-order valence-corrected chi connectivity index (χ1v) is 7.19. The molecule has 1 heterocycles. The number of aromatic nitrogens is 1. The van der Waals surface area contributed by atoms with E-state index in [9.17, 15) is 4.79 Å². The maximum absolute atomic E-state index is 12.1. The maximum atomic E-state index is 12.1. The molecule has 1 aromatic carbocycles. The zero-order valence-electron chi connectivity index (χ0n) is 13.1. The fraction of sp³-hybridized carbons (Fsp3) is 0.333. The van der Waals surface area contributed by atoms with Crippen molar-refractivity contribution in [3.05, 3.63) is 65.5 Å². The van der Waals surface area contributed by atoms with Gasteiger partial charge in [0.05, 0.1) is 11.6 Å². The van der Waals surface area contributed by atoms with Crippen molar-refractivity contribution in [2.45, 2.75) is 39.2 Å². The van der Waals surface area contributed by atoms with Crippen molar-refractivity contribution in [3.8, 4) is 0 Å². The van der Waals surface area contributed by atoms with Crippen LogP contribution in [-0.2, 0) is 5.41 Å². The molecule has 2 aromatic rings. The standard InChI is InChI=1S/C18H22N2O/c1-13(20-17(21)15-6-5-11-19-12-15)14-7-9-16(10-8-14)18(2,3)4/h5-13H,1-4H3,(H,20,21)/t13-/m0/s1. The first-order valence-electron chi connectivity index (χ1n) is 7.19. The van der Waals surface area contributed by atoms with E-state index in [2.05, 4.69) is 55.3 Å². The summed E-state index contributed by atoms with van der Waals surface area (Å²) >= 11 is 0. The van der Waals surface area contributed by atoms with Gasteiger partial charge >= 0.3 is 0 Å². The maximum Gasteiger partial charge on any atom is 0.253 e. The second kappa shape index (κ2) is 6.08. The average molecular weight is 282 g/mol. The van der Waals surface area contributed by atoms with Crippen molar-refractivity contribution >= 4 is 5.91 Å². The molecule has 0 aliphatic rings. The number of pyridine rings is 1. The lowest BCUT2D eigenvalue weighted by Crippen LogP contribution is -2.26. The predicted molar refractivity (Wildman–Crippen MR) is 85.3 cm³/mol. The highest BCUT2D eigenvalue weighted by Gasteiger charge is 2.15. The SMILES string of the molecule is C[C@H](NC(=O)c1cccnc1)c1ccc(C(C)(C)C)cc1. The minimum Gasteiger partial charge on any atom is -0.345 e. The fourth-order valence-corrected chi connectivity index (χ4v) is 2.13. The van der Waals surface area contributed by atoms with E-state index in [1.807, 2.05) is 6.92 Å². The lowest BCUT2D eigenvalue weighted by Gasteiger charge is -2.20. The van der Waals surface area contributed by atoms with E-state index < -0.39 is 0 Å². The van der Waals surface area contributed by atoms with Gasteiger partial charge in [-0.2, -0.15) is 0 Å². The summed E-state index contributed by atoms with van der Waals surface area (Å²) in [7, 11) is 0. The number of hydrogen-bond donors (Lipinski definition) is 1. The highest BCUT2D eigenvalue weighted by atomic mass is 16.1. The highest BCUT2D eigenvalue weighted by Crippen LogP contribution is 2.24. The van der Waals surface area contributed by atoms with E-state index in [0.717, 1.165) is 5.56 Å². The Labute approximate surface area is 126 Å². The van der Waals surface area contributed by atoms with Gasteiger partial charge in [0.15, 0.2) is 0 Å². The summed E-state index contributed by atoms with van der Waals surface area (Å²) in [5.74, 6) is -0.101. The average Bonchev–Trinajstić information content (AvgIpc) is 2.47. The van der Waals surface area contributed by atoms with E-state index in [4.69, 9.17) is 0 Å². The summed E-state index contributed by atoms with van der Waals surface area (Å²) in [5, 5.41) is 2.99. The molecule has 0 fully saturated rings. The van der Waals surface area contributed by atoms with E-state index >= 15 is 0 Å². The normalized spacial score (nSPS) is 12.8. The number of carbonyl (C=O) groups excluding carboxylic acids is 1. The molecule has 3 heteroatoms. The third-order valence-corrected chi connectivity index (χ3v) is 3.55. The van der Waals surface area contributed by atoms with Gasteiger partial charge in [0.1, 0.15) is 0 Å². The largest absolute Gasteiger partial charge is 0.345 e. The number of hydrogen-bond acceptors (Lipinski definition) is 2. The zero-order valence-corrected chi connectivity index (χ0v) is 13.1. The van der Waals surface area contributed by atoms with E-state index in [0.29, 0.717) is 5.56 Å². The van der Waals surface area contributed by atoms with Crippen LogP contribution in [0.3, 0.4) is 0 Å². The molecule has 0 aliphatic carbocycles. The van der Waals surface area contributed by atoms with E-state index in [-0.39, 0.29) is 17.4 Å². The molecule has 0 saturated carbocycles. The van der Waals surface area contributed by atoms with Gasteiger partial charge in [0.2, 0.25) is 0 Å². The van der Waals surface area contributed by atoms with Crippen LogP contribution in [-0.4, -0.2) is 10.9 Å². The molecule has 1 amide bonds. The van der Waals surface area contributed by atoms with E-state index in [1.54, 1.807) is 24.5 Å². The van der Waals surface area contributed by atoms with Crippen LogP contribution in [0.25, 0.3) is 0 Å². The molecule has 0 unspecified atom stereocenters. The molecular formula is C18H22N2O. The van der Waals surface area contributed by atoms with Crippen LogP contribution >= 0.6 is 0 Å². The summed E-state index contributed by atoms with van der Waals surface area (Å²) in [4.78, 5) is 16.1. The monoisotopic (exact) mass is 282 g/mol. The van der Waals surface area contributed by atoms with Gasteiger partial charge < -0.3 is 5.32 Å².